The highest BCUT2D eigenvalue weighted by Gasteiger charge is 2.12. The van der Waals surface area contributed by atoms with E-state index >= 15 is 0 Å². The average Bonchev–Trinajstić information content (AvgIpc) is 2.75. The predicted molar refractivity (Wildman–Crippen MR) is 125 cm³/mol. The third-order valence-electron chi connectivity index (χ3n) is 4.94. The maximum Gasteiger partial charge on any atom is 0.330 e. The Bertz CT molecular complexity index is 925. The maximum atomic E-state index is 11.4. The molecule has 0 aliphatic carbocycles. The van der Waals surface area contributed by atoms with Gasteiger partial charge in [-0.15, -0.1) is 0 Å². The normalized spacial score (nSPS) is 10.9. The molecule has 3 nitrogen and oxygen atoms in total. The number of aryl methyl sites for hydroxylation is 3. The van der Waals surface area contributed by atoms with E-state index in [4.69, 9.17) is 4.74 Å². The van der Waals surface area contributed by atoms with Crippen LogP contribution in [-0.2, 0) is 16.0 Å². The Morgan fingerprint density at radius 3 is 1.73 bits per heavy atom. The van der Waals surface area contributed by atoms with Crippen molar-refractivity contribution >= 4 is 23.0 Å². The molecule has 0 saturated carbocycles. The maximum absolute atomic E-state index is 11.4. The van der Waals surface area contributed by atoms with Crippen LogP contribution in [-0.4, -0.2) is 12.6 Å². The molecule has 0 radical (unpaired) electrons. The van der Waals surface area contributed by atoms with Gasteiger partial charge in [0.05, 0.1) is 6.61 Å². The van der Waals surface area contributed by atoms with Gasteiger partial charge in [0.2, 0.25) is 0 Å². The van der Waals surface area contributed by atoms with Crippen LogP contribution in [0.1, 0.15) is 30.0 Å². The monoisotopic (exact) mass is 399 g/mol. The summed E-state index contributed by atoms with van der Waals surface area (Å²) in [7, 11) is 0. The third-order valence-corrected chi connectivity index (χ3v) is 4.94. The van der Waals surface area contributed by atoms with Gasteiger partial charge in [-0.2, -0.15) is 0 Å². The number of hydrogen-bond acceptors (Lipinski definition) is 3. The number of carbonyl (C=O) groups is 1. The highest BCUT2D eigenvalue weighted by Crippen LogP contribution is 2.34. The first-order chi connectivity index (χ1) is 14.6. The molecule has 154 valence electrons. The fourth-order valence-electron chi connectivity index (χ4n) is 3.28. The number of allylic oxidation sites excluding steroid dienone is 1. The van der Waals surface area contributed by atoms with Gasteiger partial charge in [0.15, 0.2) is 0 Å². The molecule has 0 bridgehead atoms. The van der Waals surface area contributed by atoms with Crippen LogP contribution in [0.3, 0.4) is 0 Å². The quantitative estimate of drug-likeness (QED) is 0.236. The largest absolute Gasteiger partial charge is 0.463 e. The van der Waals surface area contributed by atoms with Gasteiger partial charge in [0.1, 0.15) is 0 Å². The van der Waals surface area contributed by atoms with E-state index in [1.165, 1.54) is 22.8 Å². The van der Waals surface area contributed by atoms with Crippen molar-refractivity contribution < 1.29 is 9.53 Å². The second kappa shape index (κ2) is 10.4. The minimum atomic E-state index is -0.278. The van der Waals surface area contributed by atoms with E-state index in [1.54, 1.807) is 13.0 Å². The number of nitrogens with zero attached hydrogens (tertiary/aromatic N) is 1. The summed E-state index contributed by atoms with van der Waals surface area (Å²) in [4.78, 5) is 13.6. The van der Waals surface area contributed by atoms with E-state index in [0.717, 1.165) is 29.9 Å². The predicted octanol–water partition coefficient (Wildman–Crippen LogP) is 6.83. The minimum Gasteiger partial charge on any atom is -0.463 e. The molecule has 3 aromatic rings. The Hall–Kier alpha value is -3.33. The lowest BCUT2D eigenvalue weighted by Gasteiger charge is -2.26. The molecule has 0 N–H and O–H groups in total. The second-order valence-corrected chi connectivity index (χ2v) is 7.44. The Morgan fingerprint density at radius 1 is 0.800 bits per heavy atom. The van der Waals surface area contributed by atoms with E-state index in [2.05, 4.69) is 91.5 Å². The zero-order chi connectivity index (χ0) is 21.3. The molecule has 0 amide bonds. The van der Waals surface area contributed by atoms with Gasteiger partial charge in [-0.3, -0.25) is 0 Å². The lowest BCUT2D eigenvalue weighted by atomic mass is 10.1. The number of benzene rings is 3. The van der Waals surface area contributed by atoms with E-state index in [1.807, 2.05) is 0 Å². The van der Waals surface area contributed by atoms with E-state index in [9.17, 15) is 4.79 Å². The van der Waals surface area contributed by atoms with Crippen LogP contribution < -0.4 is 4.90 Å². The van der Waals surface area contributed by atoms with Crippen LogP contribution >= 0.6 is 0 Å². The van der Waals surface area contributed by atoms with E-state index in [-0.39, 0.29) is 5.97 Å². The standard InChI is InChI=1S/C27H29NO2/c1-4-6-27(29)30-20-5-7-23-12-18-26(19-13-23)28(24-14-8-21(2)9-15-24)25-16-10-22(3)11-17-25/h4,6,8-19H,5,7,20H2,1-3H3/b6-4+. The van der Waals surface area contributed by atoms with Crippen LogP contribution in [0.15, 0.2) is 84.9 Å². The van der Waals surface area contributed by atoms with Gasteiger partial charge < -0.3 is 9.64 Å². The Balaban J connectivity index is 1.75. The summed E-state index contributed by atoms with van der Waals surface area (Å²) in [6.07, 6.45) is 4.81. The summed E-state index contributed by atoms with van der Waals surface area (Å²) < 4.78 is 5.17. The molecular formula is C27H29NO2. The summed E-state index contributed by atoms with van der Waals surface area (Å²) >= 11 is 0. The number of hydrogen-bond donors (Lipinski definition) is 0. The highest BCUT2D eigenvalue weighted by molar-refractivity contribution is 5.81. The molecule has 0 aliphatic heterocycles. The summed E-state index contributed by atoms with van der Waals surface area (Å²) in [5.41, 5.74) is 7.10. The lowest BCUT2D eigenvalue weighted by molar-refractivity contribution is -0.137. The molecule has 0 aliphatic rings. The van der Waals surface area contributed by atoms with Crippen molar-refractivity contribution in [1.82, 2.24) is 0 Å². The average molecular weight is 400 g/mol. The first kappa shape index (κ1) is 21.4. The fraction of sp³-hybridized carbons (Fsp3) is 0.222. The van der Waals surface area contributed by atoms with Crippen LogP contribution in [0, 0.1) is 13.8 Å². The number of esters is 1. The Morgan fingerprint density at radius 2 is 1.27 bits per heavy atom. The number of ether oxygens (including phenoxy) is 1. The van der Waals surface area contributed by atoms with Crippen molar-refractivity contribution in [2.24, 2.45) is 0 Å². The molecule has 30 heavy (non-hydrogen) atoms. The molecule has 0 unspecified atom stereocenters. The molecule has 0 atom stereocenters. The fourth-order valence-corrected chi connectivity index (χ4v) is 3.28. The topological polar surface area (TPSA) is 29.5 Å². The van der Waals surface area contributed by atoms with Crippen LogP contribution in [0.5, 0.6) is 0 Å². The van der Waals surface area contributed by atoms with Gasteiger partial charge in [-0.25, -0.2) is 4.79 Å². The zero-order valence-corrected chi connectivity index (χ0v) is 18.0. The number of carbonyl (C=O) groups excluding carboxylic acids is 1. The first-order valence-corrected chi connectivity index (χ1v) is 10.4. The molecule has 3 heteroatoms. The van der Waals surface area contributed by atoms with Crippen LogP contribution in [0.25, 0.3) is 0 Å². The SMILES string of the molecule is C/C=C/C(=O)OCCCc1ccc(N(c2ccc(C)cc2)c2ccc(C)cc2)cc1. The van der Waals surface area contributed by atoms with Gasteiger partial charge in [-0.05, 0) is 75.6 Å². The minimum absolute atomic E-state index is 0.278. The molecule has 0 saturated heterocycles. The van der Waals surface area contributed by atoms with Crippen molar-refractivity contribution in [2.75, 3.05) is 11.5 Å². The van der Waals surface area contributed by atoms with Gasteiger partial charge >= 0.3 is 5.97 Å². The van der Waals surface area contributed by atoms with E-state index in [0.29, 0.717) is 6.61 Å². The van der Waals surface area contributed by atoms with Crippen molar-refractivity contribution in [3.63, 3.8) is 0 Å². The molecule has 0 heterocycles. The van der Waals surface area contributed by atoms with Crippen molar-refractivity contribution in [1.29, 1.82) is 0 Å². The second-order valence-electron chi connectivity index (χ2n) is 7.44. The Kier molecular flexibility index (Phi) is 7.45. The van der Waals surface area contributed by atoms with Crippen LogP contribution in [0.4, 0.5) is 17.1 Å². The summed E-state index contributed by atoms with van der Waals surface area (Å²) in [5, 5.41) is 0. The van der Waals surface area contributed by atoms with Crippen molar-refractivity contribution in [3.05, 3.63) is 102 Å². The first-order valence-electron chi connectivity index (χ1n) is 10.4. The summed E-state index contributed by atoms with van der Waals surface area (Å²) in [5.74, 6) is -0.278. The smallest absolute Gasteiger partial charge is 0.330 e. The third kappa shape index (κ3) is 5.84. The van der Waals surface area contributed by atoms with Gasteiger partial charge in [-0.1, -0.05) is 53.6 Å². The molecule has 0 spiro atoms. The summed E-state index contributed by atoms with van der Waals surface area (Å²) in [6, 6.07) is 25.8. The number of anilines is 3. The molecule has 3 aromatic carbocycles. The van der Waals surface area contributed by atoms with Crippen LogP contribution in [0.2, 0.25) is 0 Å². The zero-order valence-electron chi connectivity index (χ0n) is 18.0. The van der Waals surface area contributed by atoms with Gasteiger partial charge in [0, 0.05) is 23.1 Å². The van der Waals surface area contributed by atoms with E-state index < -0.39 is 0 Å². The molecule has 3 rings (SSSR count). The Labute approximate surface area is 179 Å². The van der Waals surface area contributed by atoms with Crippen molar-refractivity contribution in [3.8, 4) is 0 Å². The lowest BCUT2D eigenvalue weighted by Crippen LogP contribution is -2.10. The highest BCUT2D eigenvalue weighted by atomic mass is 16.5. The molecule has 0 aromatic heterocycles. The number of rotatable bonds is 8. The van der Waals surface area contributed by atoms with Crippen molar-refractivity contribution in [2.45, 2.75) is 33.6 Å². The summed E-state index contributed by atoms with van der Waals surface area (Å²) in [6.45, 7) is 6.44. The molecular weight excluding hydrogens is 370 g/mol. The van der Waals surface area contributed by atoms with Gasteiger partial charge in [0.25, 0.3) is 0 Å². The molecule has 0 fully saturated rings.